The Bertz CT molecular complexity index is 299. The molecule has 0 bridgehead atoms. The third-order valence-electron chi connectivity index (χ3n) is 2.60. The van der Waals surface area contributed by atoms with Gasteiger partial charge in [-0.05, 0) is 32.9 Å². The van der Waals surface area contributed by atoms with E-state index in [0.717, 1.165) is 13.0 Å². The van der Waals surface area contributed by atoms with Crippen molar-refractivity contribution < 1.29 is 0 Å². The smallest absolute Gasteiger partial charge is 0.0641 e. The van der Waals surface area contributed by atoms with Crippen molar-refractivity contribution in [2.45, 2.75) is 38.8 Å². The van der Waals surface area contributed by atoms with Gasteiger partial charge in [-0.15, -0.1) is 0 Å². The summed E-state index contributed by atoms with van der Waals surface area (Å²) in [5.41, 5.74) is 0. The Kier molecular flexibility index (Phi) is 4.85. The maximum absolute atomic E-state index is 8.40. The van der Waals surface area contributed by atoms with Gasteiger partial charge < -0.3 is 5.32 Å². The minimum absolute atomic E-state index is 0.335. The number of nitriles is 1. The van der Waals surface area contributed by atoms with Crippen LogP contribution in [0.4, 0.5) is 0 Å². The summed E-state index contributed by atoms with van der Waals surface area (Å²) in [6, 6.07) is 4.77. The Morgan fingerprint density at radius 1 is 1.53 bits per heavy atom. The van der Waals surface area contributed by atoms with E-state index in [9.17, 15) is 0 Å². The fourth-order valence-corrected chi connectivity index (χ4v) is 1.42. The van der Waals surface area contributed by atoms with Crippen LogP contribution in [-0.4, -0.2) is 22.4 Å². The summed E-state index contributed by atoms with van der Waals surface area (Å²) in [6.07, 6.45) is 5.29. The van der Waals surface area contributed by atoms with E-state index in [1.807, 2.05) is 16.9 Å². The van der Waals surface area contributed by atoms with Crippen LogP contribution in [-0.2, 0) is 0 Å². The van der Waals surface area contributed by atoms with E-state index in [4.69, 9.17) is 5.26 Å². The quantitative estimate of drug-likeness (QED) is 0.721. The van der Waals surface area contributed by atoms with Gasteiger partial charge in [-0.3, -0.25) is 4.68 Å². The molecule has 82 valence electrons. The molecule has 0 spiro atoms. The van der Waals surface area contributed by atoms with Gasteiger partial charge in [0.25, 0.3) is 0 Å². The molecule has 0 saturated heterocycles. The molecule has 0 aromatic carbocycles. The summed E-state index contributed by atoms with van der Waals surface area (Å²) >= 11 is 0. The molecular weight excluding hydrogens is 188 g/mol. The van der Waals surface area contributed by atoms with E-state index in [-0.39, 0.29) is 0 Å². The first-order chi connectivity index (χ1) is 7.25. The van der Waals surface area contributed by atoms with Crippen LogP contribution >= 0.6 is 0 Å². The van der Waals surface area contributed by atoms with E-state index in [0.29, 0.717) is 18.5 Å². The third-order valence-corrected chi connectivity index (χ3v) is 2.60. The van der Waals surface area contributed by atoms with Crippen molar-refractivity contribution >= 4 is 0 Å². The molecule has 2 atom stereocenters. The Balaban J connectivity index is 2.28. The summed E-state index contributed by atoms with van der Waals surface area (Å²) in [5, 5.41) is 16.0. The second-order valence-corrected chi connectivity index (χ2v) is 3.73. The molecule has 4 nitrogen and oxygen atoms in total. The van der Waals surface area contributed by atoms with Crippen molar-refractivity contribution in [2.24, 2.45) is 0 Å². The molecule has 0 radical (unpaired) electrons. The highest BCUT2D eigenvalue weighted by molar-refractivity contribution is 4.83. The maximum atomic E-state index is 8.40. The minimum Gasteiger partial charge on any atom is -0.312 e. The SMILES string of the molecule is C[C@H]([C@@H](C)NCCCC#N)n1cccn1. The summed E-state index contributed by atoms with van der Waals surface area (Å²) in [4.78, 5) is 0. The van der Waals surface area contributed by atoms with E-state index >= 15 is 0 Å². The van der Waals surface area contributed by atoms with Crippen LogP contribution in [0.15, 0.2) is 18.5 Å². The van der Waals surface area contributed by atoms with Gasteiger partial charge in [-0.25, -0.2) is 0 Å². The lowest BCUT2D eigenvalue weighted by Crippen LogP contribution is -2.34. The van der Waals surface area contributed by atoms with Gasteiger partial charge in [-0.2, -0.15) is 10.4 Å². The van der Waals surface area contributed by atoms with Gasteiger partial charge in [0, 0.05) is 24.9 Å². The minimum atomic E-state index is 0.335. The van der Waals surface area contributed by atoms with E-state index < -0.39 is 0 Å². The molecule has 1 rings (SSSR count). The number of hydrogen-bond acceptors (Lipinski definition) is 3. The zero-order chi connectivity index (χ0) is 11.1. The molecule has 4 heteroatoms. The predicted molar refractivity (Wildman–Crippen MR) is 59.2 cm³/mol. The van der Waals surface area contributed by atoms with Crippen molar-refractivity contribution in [2.75, 3.05) is 6.54 Å². The summed E-state index contributed by atoms with van der Waals surface area (Å²) in [7, 11) is 0. The second-order valence-electron chi connectivity index (χ2n) is 3.73. The van der Waals surface area contributed by atoms with Crippen LogP contribution in [0.3, 0.4) is 0 Å². The molecule has 1 aromatic heterocycles. The standard InChI is InChI=1S/C11H18N4/c1-10(13-7-4-3-6-12)11(2)15-9-5-8-14-15/h5,8-11,13H,3-4,7H2,1-2H3/t10-,11-/m1/s1. The Morgan fingerprint density at radius 2 is 2.33 bits per heavy atom. The molecule has 1 aromatic rings. The number of aromatic nitrogens is 2. The Labute approximate surface area is 90.9 Å². The fraction of sp³-hybridized carbons (Fsp3) is 0.636. The highest BCUT2D eigenvalue weighted by Gasteiger charge is 2.12. The largest absolute Gasteiger partial charge is 0.312 e. The molecule has 0 fully saturated rings. The lowest BCUT2D eigenvalue weighted by Gasteiger charge is -2.21. The molecule has 1 heterocycles. The first-order valence-corrected chi connectivity index (χ1v) is 5.35. The van der Waals surface area contributed by atoms with E-state index in [1.165, 1.54) is 0 Å². The van der Waals surface area contributed by atoms with Crippen molar-refractivity contribution in [3.8, 4) is 6.07 Å². The van der Waals surface area contributed by atoms with Crippen LogP contribution < -0.4 is 5.32 Å². The zero-order valence-electron chi connectivity index (χ0n) is 9.35. The number of nitrogens with one attached hydrogen (secondary N) is 1. The van der Waals surface area contributed by atoms with E-state index in [1.54, 1.807) is 6.20 Å². The Morgan fingerprint density at radius 3 is 2.93 bits per heavy atom. The molecule has 0 saturated carbocycles. The number of rotatable bonds is 6. The van der Waals surface area contributed by atoms with E-state index in [2.05, 4.69) is 30.3 Å². The normalized spacial score (nSPS) is 14.5. The molecule has 0 aliphatic carbocycles. The summed E-state index contributed by atoms with van der Waals surface area (Å²) in [5.74, 6) is 0. The maximum Gasteiger partial charge on any atom is 0.0641 e. The van der Waals surface area contributed by atoms with Gasteiger partial charge in [0.1, 0.15) is 0 Å². The number of hydrogen-bond donors (Lipinski definition) is 1. The van der Waals surface area contributed by atoms with Gasteiger partial charge in [0.15, 0.2) is 0 Å². The molecule has 0 unspecified atom stereocenters. The summed E-state index contributed by atoms with van der Waals surface area (Å²) in [6.45, 7) is 5.16. The lowest BCUT2D eigenvalue weighted by atomic mass is 10.1. The van der Waals surface area contributed by atoms with Crippen LogP contribution in [0, 0.1) is 11.3 Å². The molecular formula is C11H18N4. The van der Waals surface area contributed by atoms with Crippen molar-refractivity contribution in [1.82, 2.24) is 15.1 Å². The van der Waals surface area contributed by atoms with Crippen molar-refractivity contribution in [1.29, 1.82) is 5.26 Å². The molecule has 15 heavy (non-hydrogen) atoms. The van der Waals surface area contributed by atoms with Gasteiger partial charge in [0.05, 0.1) is 12.1 Å². The van der Waals surface area contributed by atoms with Gasteiger partial charge >= 0.3 is 0 Å². The van der Waals surface area contributed by atoms with Gasteiger partial charge in [-0.1, -0.05) is 0 Å². The molecule has 0 amide bonds. The monoisotopic (exact) mass is 206 g/mol. The summed E-state index contributed by atoms with van der Waals surface area (Å²) < 4.78 is 1.95. The highest BCUT2D eigenvalue weighted by atomic mass is 15.3. The number of unbranched alkanes of at least 4 members (excludes halogenated alkanes) is 1. The van der Waals surface area contributed by atoms with Crippen LogP contribution in [0.5, 0.6) is 0 Å². The average Bonchev–Trinajstić information content (AvgIpc) is 2.76. The third kappa shape index (κ3) is 3.72. The average molecular weight is 206 g/mol. The molecule has 1 N–H and O–H groups in total. The zero-order valence-corrected chi connectivity index (χ0v) is 9.35. The Hall–Kier alpha value is -1.34. The number of nitrogens with zero attached hydrogens (tertiary/aromatic N) is 3. The molecule has 0 aliphatic rings. The molecule has 0 aliphatic heterocycles. The van der Waals surface area contributed by atoms with Crippen LogP contribution in [0.1, 0.15) is 32.7 Å². The van der Waals surface area contributed by atoms with Crippen LogP contribution in [0.25, 0.3) is 0 Å². The highest BCUT2D eigenvalue weighted by Crippen LogP contribution is 2.08. The predicted octanol–water partition coefficient (Wildman–Crippen LogP) is 1.73. The van der Waals surface area contributed by atoms with Crippen molar-refractivity contribution in [3.63, 3.8) is 0 Å². The van der Waals surface area contributed by atoms with Crippen LogP contribution in [0.2, 0.25) is 0 Å². The second kappa shape index (κ2) is 6.20. The lowest BCUT2D eigenvalue weighted by molar-refractivity contribution is 0.365. The van der Waals surface area contributed by atoms with Gasteiger partial charge in [0.2, 0.25) is 0 Å². The first kappa shape index (κ1) is 11.7. The first-order valence-electron chi connectivity index (χ1n) is 5.35. The topological polar surface area (TPSA) is 53.6 Å². The fourth-order valence-electron chi connectivity index (χ4n) is 1.42. The van der Waals surface area contributed by atoms with Crippen molar-refractivity contribution in [3.05, 3.63) is 18.5 Å².